The molecule has 0 bridgehead atoms. The number of hydrogen-bond acceptors (Lipinski definition) is 7. The SMILES string of the molecule is CCCCCC(O)c1ccc(N(NCCCc2ccc(C(=O)OCCO)s2)C(=O)c2ccccc2)cc1. The van der Waals surface area contributed by atoms with E-state index in [4.69, 9.17) is 9.84 Å². The van der Waals surface area contributed by atoms with Crippen molar-refractivity contribution in [1.29, 1.82) is 0 Å². The topological polar surface area (TPSA) is 99.1 Å². The summed E-state index contributed by atoms with van der Waals surface area (Å²) in [6.45, 7) is 2.47. The number of rotatable bonds is 15. The van der Waals surface area contributed by atoms with Gasteiger partial charge in [-0.05, 0) is 61.2 Å². The van der Waals surface area contributed by atoms with Crippen molar-refractivity contribution < 1.29 is 24.5 Å². The Hall–Kier alpha value is -3.04. The molecule has 0 aliphatic heterocycles. The number of esters is 1. The summed E-state index contributed by atoms with van der Waals surface area (Å²) in [4.78, 5) is 26.8. The number of aliphatic hydroxyl groups excluding tert-OH is 2. The van der Waals surface area contributed by atoms with Crippen LogP contribution in [-0.2, 0) is 11.2 Å². The van der Waals surface area contributed by atoms with Crippen molar-refractivity contribution in [3.63, 3.8) is 0 Å². The van der Waals surface area contributed by atoms with E-state index in [9.17, 15) is 14.7 Å². The molecule has 0 fully saturated rings. The van der Waals surface area contributed by atoms with Gasteiger partial charge < -0.3 is 14.9 Å². The van der Waals surface area contributed by atoms with E-state index in [1.54, 1.807) is 23.2 Å². The Morgan fingerprint density at radius 1 is 1.00 bits per heavy atom. The van der Waals surface area contributed by atoms with Gasteiger partial charge in [0.05, 0.1) is 18.4 Å². The number of hydrazine groups is 1. The summed E-state index contributed by atoms with van der Waals surface area (Å²) in [5.41, 5.74) is 5.37. The minimum Gasteiger partial charge on any atom is -0.459 e. The molecule has 7 nitrogen and oxygen atoms in total. The molecule has 1 unspecified atom stereocenters. The fourth-order valence-corrected chi connectivity index (χ4v) is 4.82. The van der Waals surface area contributed by atoms with Crippen LogP contribution < -0.4 is 10.4 Å². The molecule has 8 heteroatoms. The lowest BCUT2D eigenvalue weighted by Crippen LogP contribution is -2.43. The molecule has 2 aromatic carbocycles. The van der Waals surface area contributed by atoms with Gasteiger partial charge in [0.25, 0.3) is 5.91 Å². The highest BCUT2D eigenvalue weighted by molar-refractivity contribution is 7.13. The molecule has 198 valence electrons. The zero-order valence-corrected chi connectivity index (χ0v) is 22.1. The van der Waals surface area contributed by atoms with Gasteiger partial charge >= 0.3 is 5.97 Å². The van der Waals surface area contributed by atoms with Crippen LogP contribution in [0.2, 0.25) is 0 Å². The number of anilines is 1. The van der Waals surface area contributed by atoms with E-state index >= 15 is 0 Å². The minimum absolute atomic E-state index is 0.0138. The summed E-state index contributed by atoms with van der Waals surface area (Å²) in [6.07, 6.45) is 4.89. The van der Waals surface area contributed by atoms with Crippen LogP contribution in [0.3, 0.4) is 0 Å². The molecule has 3 N–H and O–H groups in total. The van der Waals surface area contributed by atoms with E-state index in [-0.39, 0.29) is 19.1 Å². The average molecular weight is 525 g/mol. The van der Waals surface area contributed by atoms with Gasteiger partial charge in [0.1, 0.15) is 11.5 Å². The molecule has 0 saturated heterocycles. The highest BCUT2D eigenvalue weighted by atomic mass is 32.1. The molecule has 0 spiro atoms. The maximum atomic E-state index is 13.3. The standard InChI is InChI=1S/C29H36N2O5S/c1-2-3-5-12-26(33)22-13-15-24(16-14-22)31(28(34)23-9-6-4-7-10-23)30-19-8-11-25-17-18-27(37-25)29(35)36-21-20-32/h4,6-7,9-10,13-18,26,30,32-33H,2-3,5,8,11-12,19-21H2,1H3. The van der Waals surface area contributed by atoms with Crippen LogP contribution in [0.25, 0.3) is 0 Å². The van der Waals surface area contributed by atoms with Crippen LogP contribution in [0.5, 0.6) is 0 Å². The number of carbonyl (C=O) groups is 2. The number of nitrogens with zero attached hydrogens (tertiary/aromatic N) is 1. The molecular formula is C29H36N2O5S. The zero-order chi connectivity index (χ0) is 26.5. The number of amides is 1. The predicted octanol–water partition coefficient (Wildman–Crippen LogP) is 5.30. The number of hydrogen-bond donors (Lipinski definition) is 3. The van der Waals surface area contributed by atoms with Gasteiger partial charge in [-0.1, -0.05) is 56.5 Å². The second kappa shape index (κ2) is 15.3. The first-order valence-corrected chi connectivity index (χ1v) is 13.6. The fraction of sp³-hybridized carbons (Fsp3) is 0.379. The molecule has 37 heavy (non-hydrogen) atoms. The Kier molecular flexibility index (Phi) is 11.8. The highest BCUT2D eigenvalue weighted by Gasteiger charge is 2.18. The van der Waals surface area contributed by atoms with Crippen molar-refractivity contribution in [3.8, 4) is 0 Å². The molecule has 0 aliphatic rings. The predicted molar refractivity (Wildman–Crippen MR) is 147 cm³/mol. The number of benzene rings is 2. The molecule has 3 aromatic rings. The van der Waals surface area contributed by atoms with Crippen LogP contribution in [0, 0.1) is 0 Å². The first-order chi connectivity index (χ1) is 18.0. The number of unbranched alkanes of at least 4 members (excludes halogenated alkanes) is 2. The first-order valence-electron chi connectivity index (χ1n) is 12.8. The molecule has 3 rings (SSSR count). The maximum Gasteiger partial charge on any atom is 0.348 e. The Balaban J connectivity index is 1.63. The molecule has 1 aromatic heterocycles. The molecule has 0 aliphatic carbocycles. The van der Waals surface area contributed by atoms with Crippen molar-refractivity contribution in [2.45, 2.75) is 51.6 Å². The maximum absolute atomic E-state index is 13.3. The van der Waals surface area contributed by atoms with Crippen LogP contribution in [0.4, 0.5) is 5.69 Å². The molecule has 1 amide bonds. The van der Waals surface area contributed by atoms with E-state index in [0.29, 0.717) is 22.7 Å². The lowest BCUT2D eigenvalue weighted by Gasteiger charge is -2.24. The normalized spacial score (nSPS) is 11.8. The van der Waals surface area contributed by atoms with E-state index in [1.165, 1.54) is 11.3 Å². The van der Waals surface area contributed by atoms with Gasteiger partial charge in [-0.15, -0.1) is 11.3 Å². The summed E-state index contributed by atoms with van der Waals surface area (Å²) in [6, 6.07) is 20.2. The van der Waals surface area contributed by atoms with Gasteiger partial charge in [0.2, 0.25) is 0 Å². The van der Waals surface area contributed by atoms with Gasteiger partial charge in [0.15, 0.2) is 0 Å². The number of nitrogens with one attached hydrogen (secondary N) is 1. The molecule has 0 radical (unpaired) electrons. The molecule has 0 saturated carbocycles. The zero-order valence-electron chi connectivity index (χ0n) is 21.3. The Labute approximate surface area is 222 Å². The Bertz CT molecular complexity index is 1100. The van der Waals surface area contributed by atoms with Gasteiger partial charge in [-0.3, -0.25) is 4.79 Å². The summed E-state index contributed by atoms with van der Waals surface area (Å²) >= 11 is 1.37. The monoisotopic (exact) mass is 524 g/mol. The van der Waals surface area contributed by atoms with Crippen molar-refractivity contribution in [3.05, 3.63) is 87.6 Å². The van der Waals surface area contributed by atoms with Gasteiger partial charge in [-0.25, -0.2) is 15.2 Å². The van der Waals surface area contributed by atoms with Crippen molar-refractivity contribution in [1.82, 2.24) is 5.43 Å². The average Bonchev–Trinajstić information content (AvgIpc) is 3.41. The van der Waals surface area contributed by atoms with E-state index in [0.717, 1.165) is 49.0 Å². The third-order valence-corrected chi connectivity index (χ3v) is 7.02. The minimum atomic E-state index is -0.511. The van der Waals surface area contributed by atoms with Crippen LogP contribution in [0.1, 0.15) is 75.6 Å². The Morgan fingerprint density at radius 3 is 2.46 bits per heavy atom. The lowest BCUT2D eigenvalue weighted by molar-refractivity contribution is 0.0439. The van der Waals surface area contributed by atoms with E-state index < -0.39 is 12.1 Å². The number of aryl methyl sites for hydroxylation is 1. The van der Waals surface area contributed by atoms with Crippen LogP contribution in [-0.4, -0.2) is 41.8 Å². The Morgan fingerprint density at radius 2 is 1.76 bits per heavy atom. The van der Waals surface area contributed by atoms with Crippen LogP contribution in [0.15, 0.2) is 66.7 Å². The quantitative estimate of drug-likeness (QED) is 0.142. The molecule has 1 heterocycles. The molecule has 1 atom stereocenters. The van der Waals surface area contributed by atoms with Crippen molar-refractivity contribution in [2.24, 2.45) is 0 Å². The number of carbonyl (C=O) groups excluding carboxylic acids is 2. The second-order valence-electron chi connectivity index (χ2n) is 8.75. The van der Waals surface area contributed by atoms with E-state index in [2.05, 4.69) is 12.3 Å². The van der Waals surface area contributed by atoms with Gasteiger partial charge in [-0.2, -0.15) is 0 Å². The van der Waals surface area contributed by atoms with E-state index in [1.807, 2.05) is 48.5 Å². The highest BCUT2D eigenvalue weighted by Crippen LogP contribution is 2.24. The van der Waals surface area contributed by atoms with Gasteiger partial charge in [0, 0.05) is 17.0 Å². The van der Waals surface area contributed by atoms with Crippen molar-refractivity contribution in [2.75, 3.05) is 24.8 Å². The summed E-state index contributed by atoms with van der Waals surface area (Å²) in [5.74, 6) is -0.594. The third-order valence-electron chi connectivity index (χ3n) is 5.90. The lowest BCUT2D eigenvalue weighted by atomic mass is 10.0. The third kappa shape index (κ3) is 8.79. The second-order valence-corrected chi connectivity index (χ2v) is 9.92. The van der Waals surface area contributed by atoms with Crippen molar-refractivity contribution >= 4 is 28.9 Å². The number of ether oxygens (including phenoxy) is 1. The smallest absolute Gasteiger partial charge is 0.348 e. The number of thiophene rings is 1. The number of aliphatic hydroxyl groups is 2. The first kappa shape index (κ1) is 28.5. The molecular weight excluding hydrogens is 488 g/mol. The fourth-order valence-electron chi connectivity index (χ4n) is 3.88. The largest absolute Gasteiger partial charge is 0.459 e. The summed E-state index contributed by atoms with van der Waals surface area (Å²) in [7, 11) is 0. The summed E-state index contributed by atoms with van der Waals surface area (Å²) in [5, 5.41) is 20.8. The summed E-state index contributed by atoms with van der Waals surface area (Å²) < 4.78 is 4.96. The van der Waals surface area contributed by atoms with Crippen LogP contribution >= 0.6 is 11.3 Å².